The van der Waals surface area contributed by atoms with E-state index in [1.54, 1.807) is 25.3 Å². The molecule has 0 aliphatic rings. The summed E-state index contributed by atoms with van der Waals surface area (Å²) in [5, 5.41) is 2.77. The molecule has 0 aliphatic carbocycles. The van der Waals surface area contributed by atoms with Crippen LogP contribution in [0, 0.1) is 6.92 Å². The van der Waals surface area contributed by atoms with Crippen molar-refractivity contribution in [2.24, 2.45) is 0 Å². The minimum atomic E-state index is -3.57. The molecule has 0 bridgehead atoms. The van der Waals surface area contributed by atoms with Crippen LogP contribution in [0.5, 0.6) is 5.75 Å². The Morgan fingerprint density at radius 2 is 1.88 bits per heavy atom. The first-order chi connectivity index (χ1) is 12.3. The third kappa shape index (κ3) is 5.49. The lowest BCUT2D eigenvalue weighted by atomic mass is 10.1. The molecule has 0 saturated carbocycles. The lowest BCUT2D eigenvalue weighted by molar-refractivity contribution is -0.119. The second kappa shape index (κ2) is 8.71. The van der Waals surface area contributed by atoms with Gasteiger partial charge in [0.1, 0.15) is 12.3 Å². The Morgan fingerprint density at radius 3 is 2.54 bits per heavy atom. The molecule has 0 radical (unpaired) electrons. The SMILES string of the molecule is COc1ccccc1CCNC(=O)CN(c1cccc(C)c1)S(C)(=O)=O. The number of nitrogens with one attached hydrogen (secondary N) is 1. The van der Waals surface area contributed by atoms with Crippen LogP contribution in [0.2, 0.25) is 0 Å². The van der Waals surface area contributed by atoms with Gasteiger partial charge in [0.2, 0.25) is 15.9 Å². The topological polar surface area (TPSA) is 75.7 Å². The third-order valence-electron chi connectivity index (χ3n) is 3.89. The van der Waals surface area contributed by atoms with Gasteiger partial charge in [0.05, 0.1) is 19.1 Å². The Labute approximate surface area is 154 Å². The summed E-state index contributed by atoms with van der Waals surface area (Å²) in [6.07, 6.45) is 1.69. The molecule has 2 aromatic carbocycles. The zero-order valence-corrected chi connectivity index (χ0v) is 16.0. The maximum atomic E-state index is 12.3. The highest BCUT2D eigenvalue weighted by atomic mass is 32.2. The van der Waals surface area contributed by atoms with E-state index in [4.69, 9.17) is 4.74 Å². The van der Waals surface area contributed by atoms with Crippen LogP contribution in [0.15, 0.2) is 48.5 Å². The number of nitrogens with zero attached hydrogens (tertiary/aromatic N) is 1. The molecule has 0 aromatic heterocycles. The van der Waals surface area contributed by atoms with E-state index in [1.165, 1.54) is 0 Å². The third-order valence-corrected chi connectivity index (χ3v) is 5.03. The lowest BCUT2D eigenvalue weighted by Crippen LogP contribution is -2.41. The molecule has 0 fully saturated rings. The highest BCUT2D eigenvalue weighted by Gasteiger charge is 2.20. The van der Waals surface area contributed by atoms with Gasteiger partial charge in [-0.3, -0.25) is 9.10 Å². The molecule has 26 heavy (non-hydrogen) atoms. The van der Waals surface area contributed by atoms with Gasteiger partial charge in [-0.15, -0.1) is 0 Å². The molecule has 0 saturated heterocycles. The van der Waals surface area contributed by atoms with E-state index in [0.717, 1.165) is 27.4 Å². The first kappa shape index (κ1) is 19.8. The number of benzene rings is 2. The molecule has 0 spiro atoms. The maximum Gasteiger partial charge on any atom is 0.240 e. The van der Waals surface area contributed by atoms with E-state index in [2.05, 4.69) is 5.32 Å². The van der Waals surface area contributed by atoms with Crippen LogP contribution in [0.25, 0.3) is 0 Å². The summed E-state index contributed by atoms with van der Waals surface area (Å²) < 4.78 is 30.6. The van der Waals surface area contributed by atoms with Crippen LogP contribution >= 0.6 is 0 Å². The molecular formula is C19H24N2O4S. The number of amides is 1. The number of para-hydroxylation sites is 1. The number of hydrogen-bond acceptors (Lipinski definition) is 4. The molecule has 2 aromatic rings. The Bertz CT molecular complexity index is 865. The van der Waals surface area contributed by atoms with Crippen molar-refractivity contribution in [1.82, 2.24) is 5.32 Å². The molecule has 0 unspecified atom stereocenters. The molecule has 2 rings (SSSR count). The number of aryl methyl sites for hydroxylation is 1. The van der Waals surface area contributed by atoms with Crippen molar-refractivity contribution in [2.75, 3.05) is 30.8 Å². The lowest BCUT2D eigenvalue weighted by Gasteiger charge is -2.22. The molecular weight excluding hydrogens is 352 g/mol. The molecule has 1 amide bonds. The van der Waals surface area contributed by atoms with Gasteiger partial charge in [-0.25, -0.2) is 8.42 Å². The Balaban J connectivity index is 2.00. The maximum absolute atomic E-state index is 12.3. The van der Waals surface area contributed by atoms with E-state index < -0.39 is 10.0 Å². The average Bonchev–Trinajstić information content (AvgIpc) is 2.59. The summed E-state index contributed by atoms with van der Waals surface area (Å²) in [4.78, 5) is 12.3. The largest absolute Gasteiger partial charge is 0.496 e. The fourth-order valence-electron chi connectivity index (χ4n) is 2.62. The van der Waals surface area contributed by atoms with E-state index in [1.807, 2.05) is 37.3 Å². The van der Waals surface area contributed by atoms with Crippen LogP contribution in [0.3, 0.4) is 0 Å². The highest BCUT2D eigenvalue weighted by Crippen LogP contribution is 2.19. The van der Waals surface area contributed by atoms with Gasteiger partial charge in [0.25, 0.3) is 0 Å². The molecule has 7 heteroatoms. The second-order valence-corrected chi connectivity index (χ2v) is 7.93. The zero-order chi connectivity index (χ0) is 19.2. The van der Waals surface area contributed by atoms with Gasteiger partial charge in [0, 0.05) is 6.54 Å². The Morgan fingerprint density at radius 1 is 1.15 bits per heavy atom. The van der Waals surface area contributed by atoms with Gasteiger partial charge in [0.15, 0.2) is 0 Å². The van der Waals surface area contributed by atoms with Gasteiger partial charge >= 0.3 is 0 Å². The van der Waals surface area contributed by atoms with Gasteiger partial charge in [-0.1, -0.05) is 30.3 Å². The summed E-state index contributed by atoms with van der Waals surface area (Å²) in [5.74, 6) is 0.408. The van der Waals surface area contributed by atoms with Crippen molar-refractivity contribution in [3.8, 4) is 5.75 Å². The van der Waals surface area contributed by atoms with Crippen molar-refractivity contribution in [1.29, 1.82) is 0 Å². The van der Waals surface area contributed by atoms with E-state index in [9.17, 15) is 13.2 Å². The predicted octanol–water partition coefficient (Wildman–Crippen LogP) is 2.13. The molecule has 140 valence electrons. The fourth-order valence-corrected chi connectivity index (χ4v) is 3.46. The van der Waals surface area contributed by atoms with E-state index >= 15 is 0 Å². The van der Waals surface area contributed by atoms with Gasteiger partial charge in [-0.2, -0.15) is 0 Å². The van der Waals surface area contributed by atoms with Crippen molar-refractivity contribution in [3.05, 3.63) is 59.7 Å². The average molecular weight is 376 g/mol. The molecule has 0 aliphatic heterocycles. The number of carbonyl (C=O) groups is 1. The normalized spacial score (nSPS) is 11.0. The van der Waals surface area contributed by atoms with E-state index in [0.29, 0.717) is 18.7 Å². The number of ether oxygens (including phenoxy) is 1. The molecule has 0 atom stereocenters. The van der Waals surface area contributed by atoms with Crippen molar-refractivity contribution in [3.63, 3.8) is 0 Å². The van der Waals surface area contributed by atoms with Crippen molar-refractivity contribution in [2.45, 2.75) is 13.3 Å². The monoisotopic (exact) mass is 376 g/mol. The standard InChI is InChI=1S/C19H24N2O4S/c1-15-7-6-9-17(13-15)21(26(3,23)24)14-19(22)20-12-11-16-8-4-5-10-18(16)25-2/h4-10,13H,11-12,14H2,1-3H3,(H,20,22). The number of carbonyl (C=O) groups excluding carboxylic acids is 1. The first-order valence-corrected chi connectivity index (χ1v) is 10.1. The summed E-state index contributed by atoms with van der Waals surface area (Å²) >= 11 is 0. The molecule has 0 heterocycles. The fraction of sp³-hybridized carbons (Fsp3) is 0.316. The van der Waals surface area contributed by atoms with Gasteiger partial charge in [-0.05, 0) is 42.7 Å². The summed E-state index contributed by atoms with van der Waals surface area (Å²) in [5.41, 5.74) is 2.38. The smallest absolute Gasteiger partial charge is 0.240 e. The molecule has 6 nitrogen and oxygen atoms in total. The quantitative estimate of drug-likeness (QED) is 0.766. The summed E-state index contributed by atoms with van der Waals surface area (Å²) in [6.45, 7) is 2.01. The number of hydrogen-bond donors (Lipinski definition) is 1. The predicted molar refractivity (Wildman–Crippen MR) is 103 cm³/mol. The minimum absolute atomic E-state index is 0.256. The minimum Gasteiger partial charge on any atom is -0.496 e. The van der Waals surface area contributed by atoms with Gasteiger partial charge < -0.3 is 10.1 Å². The zero-order valence-electron chi connectivity index (χ0n) is 15.2. The summed E-state index contributed by atoms with van der Waals surface area (Å²) in [7, 11) is -1.96. The molecule has 1 N–H and O–H groups in total. The van der Waals surface area contributed by atoms with Crippen molar-refractivity contribution >= 4 is 21.6 Å². The van der Waals surface area contributed by atoms with Crippen LogP contribution in [-0.2, 0) is 21.2 Å². The van der Waals surface area contributed by atoms with Crippen LogP contribution < -0.4 is 14.4 Å². The first-order valence-electron chi connectivity index (χ1n) is 8.24. The number of anilines is 1. The van der Waals surface area contributed by atoms with Crippen molar-refractivity contribution < 1.29 is 17.9 Å². The van der Waals surface area contributed by atoms with E-state index in [-0.39, 0.29) is 12.5 Å². The van der Waals surface area contributed by atoms with Crippen LogP contribution in [0.4, 0.5) is 5.69 Å². The van der Waals surface area contributed by atoms with Crippen LogP contribution in [-0.4, -0.2) is 40.8 Å². The highest BCUT2D eigenvalue weighted by molar-refractivity contribution is 7.92. The number of methoxy groups -OCH3 is 1. The Hall–Kier alpha value is -2.54. The second-order valence-electron chi connectivity index (χ2n) is 6.02. The number of rotatable bonds is 8. The van der Waals surface area contributed by atoms with Crippen LogP contribution in [0.1, 0.15) is 11.1 Å². The summed E-state index contributed by atoms with van der Waals surface area (Å²) in [6, 6.07) is 14.6. The Kier molecular flexibility index (Phi) is 6.63. The number of sulfonamides is 1.